The number of nitrogens with one attached hydrogen (secondary N) is 2. The van der Waals surface area contributed by atoms with Crippen LogP contribution in [0, 0.1) is 13.8 Å². The Hall–Kier alpha value is -1.40. The molecular formula is C19H28N2O3S. The van der Waals surface area contributed by atoms with Crippen molar-refractivity contribution >= 4 is 15.7 Å². The van der Waals surface area contributed by atoms with Crippen LogP contribution in [0.15, 0.2) is 23.1 Å². The van der Waals surface area contributed by atoms with E-state index < -0.39 is 14.6 Å². The van der Waals surface area contributed by atoms with Gasteiger partial charge >= 0.3 is 0 Å². The Bertz CT molecular complexity index is 746. The molecule has 0 radical (unpaired) electrons. The number of benzene rings is 1. The molecular weight excluding hydrogens is 336 g/mol. The molecule has 5 nitrogen and oxygen atoms in total. The maximum absolute atomic E-state index is 13.5. The lowest BCUT2D eigenvalue weighted by Gasteiger charge is -2.32. The van der Waals surface area contributed by atoms with E-state index in [4.69, 9.17) is 0 Å². The summed E-state index contributed by atoms with van der Waals surface area (Å²) in [6.45, 7) is 5.36. The minimum atomic E-state index is -3.74. The van der Waals surface area contributed by atoms with Crippen molar-refractivity contribution in [2.75, 3.05) is 13.1 Å². The number of sulfone groups is 1. The molecule has 1 atom stereocenters. The summed E-state index contributed by atoms with van der Waals surface area (Å²) in [7, 11) is -3.74. The van der Waals surface area contributed by atoms with E-state index in [9.17, 15) is 13.2 Å². The lowest BCUT2D eigenvalue weighted by Crippen LogP contribution is -2.56. The molecule has 1 aromatic carbocycles. The van der Waals surface area contributed by atoms with Crippen molar-refractivity contribution < 1.29 is 13.2 Å². The third-order valence-electron chi connectivity index (χ3n) is 5.60. The van der Waals surface area contributed by atoms with Gasteiger partial charge in [-0.3, -0.25) is 4.79 Å². The van der Waals surface area contributed by atoms with Crippen LogP contribution in [0.5, 0.6) is 0 Å². The fourth-order valence-corrected chi connectivity index (χ4v) is 6.45. The van der Waals surface area contributed by atoms with Crippen LogP contribution >= 0.6 is 0 Å². The monoisotopic (exact) mass is 364 g/mol. The van der Waals surface area contributed by atoms with Gasteiger partial charge in [-0.05, 0) is 63.3 Å². The highest BCUT2D eigenvalue weighted by molar-refractivity contribution is 7.93. The summed E-state index contributed by atoms with van der Waals surface area (Å²) in [6.07, 6.45) is 4.28. The van der Waals surface area contributed by atoms with Crippen LogP contribution in [0.4, 0.5) is 0 Å². The van der Waals surface area contributed by atoms with Crippen molar-refractivity contribution in [2.45, 2.75) is 68.1 Å². The number of carbonyl (C=O) groups excluding carboxylic acids is 1. The minimum Gasteiger partial charge on any atom is -0.351 e. The molecule has 1 heterocycles. The fourth-order valence-electron chi connectivity index (χ4n) is 4.06. The van der Waals surface area contributed by atoms with Gasteiger partial charge in [-0.25, -0.2) is 8.42 Å². The van der Waals surface area contributed by atoms with Gasteiger partial charge in [-0.15, -0.1) is 0 Å². The standard InChI is InChI=1S/C19H28N2O3S/c1-14-7-8-15(2)17(12-14)25(23,24)19(9-3-4-10-19)18(22)21-16-6-5-11-20-13-16/h7-8,12,16,20H,3-6,9-11,13H2,1-2H3,(H,21,22). The average molecular weight is 365 g/mol. The zero-order valence-electron chi connectivity index (χ0n) is 15.1. The number of amides is 1. The quantitative estimate of drug-likeness (QED) is 0.859. The first kappa shape index (κ1) is 18.4. The molecule has 3 rings (SSSR count). The van der Waals surface area contributed by atoms with E-state index in [1.165, 1.54) is 0 Å². The van der Waals surface area contributed by atoms with Crippen molar-refractivity contribution in [2.24, 2.45) is 0 Å². The van der Waals surface area contributed by atoms with Crippen LogP contribution < -0.4 is 10.6 Å². The second-order valence-electron chi connectivity index (χ2n) is 7.49. The molecule has 1 aliphatic heterocycles. The average Bonchev–Trinajstić information content (AvgIpc) is 3.09. The lowest BCUT2D eigenvalue weighted by atomic mass is 10.0. The molecule has 2 N–H and O–H groups in total. The Morgan fingerprint density at radius 3 is 2.56 bits per heavy atom. The van der Waals surface area contributed by atoms with E-state index in [0.29, 0.717) is 29.8 Å². The van der Waals surface area contributed by atoms with Crippen molar-refractivity contribution in [1.29, 1.82) is 0 Å². The molecule has 1 aliphatic carbocycles. The SMILES string of the molecule is Cc1ccc(C)c(S(=O)(=O)C2(C(=O)NC3CCCNC3)CCCC2)c1. The van der Waals surface area contributed by atoms with E-state index in [0.717, 1.165) is 37.8 Å². The Kier molecular flexibility index (Phi) is 5.21. The minimum absolute atomic E-state index is 0.0209. The predicted octanol–water partition coefficient (Wildman–Crippen LogP) is 2.26. The first-order valence-corrected chi connectivity index (χ1v) is 10.7. The number of aryl methyl sites for hydroxylation is 2. The van der Waals surface area contributed by atoms with Gasteiger partial charge < -0.3 is 10.6 Å². The van der Waals surface area contributed by atoms with E-state index in [1.807, 2.05) is 19.1 Å². The highest BCUT2D eigenvalue weighted by Crippen LogP contribution is 2.42. The summed E-state index contributed by atoms with van der Waals surface area (Å²) in [4.78, 5) is 13.4. The summed E-state index contributed by atoms with van der Waals surface area (Å²) >= 11 is 0. The molecule has 25 heavy (non-hydrogen) atoms. The second kappa shape index (κ2) is 7.08. The zero-order valence-corrected chi connectivity index (χ0v) is 15.9. The number of hydrogen-bond acceptors (Lipinski definition) is 4. The first-order chi connectivity index (χ1) is 11.9. The maximum atomic E-state index is 13.5. The van der Waals surface area contributed by atoms with Gasteiger partial charge in [0.1, 0.15) is 0 Å². The highest BCUT2D eigenvalue weighted by atomic mass is 32.2. The second-order valence-corrected chi connectivity index (χ2v) is 9.72. The Morgan fingerprint density at radius 1 is 1.20 bits per heavy atom. The van der Waals surface area contributed by atoms with Gasteiger partial charge in [0.05, 0.1) is 4.90 Å². The Balaban J connectivity index is 1.96. The van der Waals surface area contributed by atoms with Crippen molar-refractivity contribution in [3.05, 3.63) is 29.3 Å². The fraction of sp³-hybridized carbons (Fsp3) is 0.632. The van der Waals surface area contributed by atoms with Gasteiger partial charge in [0.2, 0.25) is 5.91 Å². The number of rotatable bonds is 4. The number of hydrogen-bond donors (Lipinski definition) is 2. The van der Waals surface area contributed by atoms with Crippen molar-refractivity contribution in [3.8, 4) is 0 Å². The third-order valence-corrected chi connectivity index (χ3v) is 8.25. The molecule has 138 valence electrons. The molecule has 1 saturated carbocycles. The van der Waals surface area contributed by atoms with E-state index in [1.54, 1.807) is 13.0 Å². The van der Waals surface area contributed by atoms with Crippen LogP contribution in [0.3, 0.4) is 0 Å². The molecule has 6 heteroatoms. The van der Waals surface area contributed by atoms with Gasteiger partial charge in [0, 0.05) is 12.6 Å². The van der Waals surface area contributed by atoms with Gasteiger partial charge in [0.15, 0.2) is 14.6 Å². The molecule has 2 aliphatic rings. The molecule has 1 aromatic rings. The van der Waals surface area contributed by atoms with Crippen molar-refractivity contribution in [3.63, 3.8) is 0 Å². The van der Waals surface area contributed by atoms with Gasteiger partial charge in [0.25, 0.3) is 0 Å². The maximum Gasteiger partial charge on any atom is 0.242 e. The summed E-state index contributed by atoms with van der Waals surface area (Å²) in [6, 6.07) is 5.46. The van der Waals surface area contributed by atoms with Crippen LogP contribution in [0.25, 0.3) is 0 Å². The normalized spacial score (nSPS) is 23.4. The zero-order chi connectivity index (χ0) is 18.1. The van der Waals surface area contributed by atoms with E-state index >= 15 is 0 Å². The first-order valence-electron chi connectivity index (χ1n) is 9.20. The lowest BCUT2D eigenvalue weighted by molar-refractivity contribution is -0.124. The molecule has 1 amide bonds. The van der Waals surface area contributed by atoms with E-state index in [2.05, 4.69) is 10.6 Å². The van der Waals surface area contributed by atoms with Crippen molar-refractivity contribution in [1.82, 2.24) is 10.6 Å². The smallest absolute Gasteiger partial charge is 0.242 e. The molecule has 0 spiro atoms. The summed E-state index contributed by atoms with van der Waals surface area (Å²) in [5.74, 6) is -0.306. The summed E-state index contributed by atoms with van der Waals surface area (Å²) in [5, 5.41) is 6.30. The van der Waals surface area contributed by atoms with Crippen LogP contribution in [0.1, 0.15) is 49.7 Å². The van der Waals surface area contributed by atoms with E-state index in [-0.39, 0.29) is 11.9 Å². The predicted molar refractivity (Wildman–Crippen MR) is 98.3 cm³/mol. The largest absolute Gasteiger partial charge is 0.351 e. The molecule has 0 aromatic heterocycles. The highest BCUT2D eigenvalue weighted by Gasteiger charge is 2.53. The Morgan fingerprint density at radius 2 is 1.92 bits per heavy atom. The third kappa shape index (κ3) is 3.34. The van der Waals surface area contributed by atoms with Crippen LogP contribution in [-0.2, 0) is 14.6 Å². The summed E-state index contributed by atoms with van der Waals surface area (Å²) in [5.41, 5.74) is 1.61. The van der Waals surface area contributed by atoms with Gasteiger partial charge in [-0.2, -0.15) is 0 Å². The van der Waals surface area contributed by atoms with Crippen LogP contribution in [-0.4, -0.2) is 38.2 Å². The molecule has 1 unspecified atom stereocenters. The number of carbonyl (C=O) groups is 1. The summed E-state index contributed by atoms with van der Waals surface area (Å²) < 4.78 is 25.8. The van der Waals surface area contributed by atoms with Crippen LogP contribution in [0.2, 0.25) is 0 Å². The van der Waals surface area contributed by atoms with Gasteiger partial charge in [-0.1, -0.05) is 25.0 Å². The molecule has 2 fully saturated rings. The topological polar surface area (TPSA) is 75.3 Å². The Labute approximate surface area is 150 Å². The molecule has 0 bridgehead atoms. The molecule has 1 saturated heterocycles. The number of piperidine rings is 1.